The molecule has 2 rings (SSSR count). The molecule has 0 saturated heterocycles. The molecule has 1 aliphatic carbocycles. The van der Waals surface area contributed by atoms with Crippen LogP contribution in [0.1, 0.15) is 42.6 Å². The van der Waals surface area contributed by atoms with E-state index in [2.05, 4.69) is 15.6 Å². The SMILES string of the molecule is Cc1cnc(C(C)NC(=O)NC(C)(CO)C2CC2)s1. The third-order valence-corrected chi connectivity index (χ3v) is 4.66. The standard InChI is InChI=1S/C13H21N3O2S/c1-8-6-14-11(19-8)9(2)15-12(18)16-13(3,7-17)10-4-5-10/h6,9-10,17H,4-5,7H2,1-3H3,(H2,15,16,18). The molecule has 2 atom stereocenters. The number of carbonyl (C=O) groups is 1. The maximum atomic E-state index is 12.0. The summed E-state index contributed by atoms with van der Waals surface area (Å²) in [5, 5.41) is 16.1. The molecule has 0 aromatic carbocycles. The van der Waals surface area contributed by atoms with Crippen LogP contribution in [-0.4, -0.2) is 28.3 Å². The first-order valence-corrected chi connectivity index (χ1v) is 7.38. The Labute approximate surface area is 117 Å². The maximum Gasteiger partial charge on any atom is 0.315 e. The molecule has 0 radical (unpaired) electrons. The van der Waals surface area contributed by atoms with E-state index < -0.39 is 5.54 Å². The van der Waals surface area contributed by atoms with Gasteiger partial charge in [0.1, 0.15) is 5.01 Å². The molecule has 0 aliphatic heterocycles. The third-order valence-electron chi connectivity index (χ3n) is 3.56. The number of amides is 2. The molecule has 1 aromatic heterocycles. The van der Waals surface area contributed by atoms with E-state index in [1.54, 1.807) is 17.5 Å². The number of nitrogens with zero attached hydrogens (tertiary/aromatic N) is 1. The van der Waals surface area contributed by atoms with Crippen LogP contribution in [0.2, 0.25) is 0 Å². The van der Waals surface area contributed by atoms with E-state index in [1.807, 2.05) is 20.8 Å². The number of aryl methyl sites for hydroxylation is 1. The predicted molar refractivity (Wildman–Crippen MR) is 75.1 cm³/mol. The lowest BCUT2D eigenvalue weighted by Crippen LogP contribution is -2.54. The van der Waals surface area contributed by atoms with Gasteiger partial charge in [-0.15, -0.1) is 11.3 Å². The zero-order valence-electron chi connectivity index (χ0n) is 11.6. The molecule has 106 valence electrons. The van der Waals surface area contributed by atoms with Crippen LogP contribution in [0.25, 0.3) is 0 Å². The summed E-state index contributed by atoms with van der Waals surface area (Å²) in [5.41, 5.74) is -0.511. The fraction of sp³-hybridized carbons (Fsp3) is 0.692. The summed E-state index contributed by atoms with van der Waals surface area (Å²) in [6, 6.07) is -0.371. The molecule has 19 heavy (non-hydrogen) atoms. The summed E-state index contributed by atoms with van der Waals surface area (Å²) >= 11 is 1.58. The fourth-order valence-corrected chi connectivity index (χ4v) is 2.89. The van der Waals surface area contributed by atoms with Crippen molar-refractivity contribution in [3.63, 3.8) is 0 Å². The summed E-state index contributed by atoms with van der Waals surface area (Å²) in [5.74, 6) is 0.390. The second-order valence-electron chi connectivity index (χ2n) is 5.48. The largest absolute Gasteiger partial charge is 0.394 e. The predicted octanol–water partition coefficient (Wildman–Crippen LogP) is 1.97. The van der Waals surface area contributed by atoms with E-state index in [0.29, 0.717) is 5.92 Å². The molecular weight excluding hydrogens is 262 g/mol. The van der Waals surface area contributed by atoms with Gasteiger partial charge in [0.15, 0.2) is 0 Å². The Balaban J connectivity index is 1.90. The minimum atomic E-state index is -0.511. The van der Waals surface area contributed by atoms with Crippen LogP contribution in [0, 0.1) is 12.8 Å². The van der Waals surface area contributed by atoms with Crippen molar-refractivity contribution >= 4 is 17.4 Å². The van der Waals surface area contributed by atoms with Crippen LogP contribution in [0.3, 0.4) is 0 Å². The number of aliphatic hydroxyl groups excluding tert-OH is 1. The second-order valence-corrected chi connectivity index (χ2v) is 6.75. The molecular formula is C13H21N3O2S. The van der Waals surface area contributed by atoms with Crippen molar-refractivity contribution < 1.29 is 9.90 Å². The number of aliphatic hydroxyl groups is 1. The molecule has 5 nitrogen and oxygen atoms in total. The fourth-order valence-electron chi connectivity index (χ4n) is 2.12. The molecule has 1 heterocycles. The minimum absolute atomic E-state index is 0.0319. The number of nitrogens with one attached hydrogen (secondary N) is 2. The first-order chi connectivity index (χ1) is 8.94. The molecule has 0 spiro atoms. The quantitative estimate of drug-likeness (QED) is 0.773. The number of rotatable bonds is 5. The highest BCUT2D eigenvalue weighted by atomic mass is 32.1. The average molecular weight is 283 g/mol. The van der Waals surface area contributed by atoms with Gasteiger partial charge in [-0.25, -0.2) is 9.78 Å². The van der Waals surface area contributed by atoms with Gasteiger partial charge in [-0.3, -0.25) is 0 Å². The van der Waals surface area contributed by atoms with Gasteiger partial charge < -0.3 is 15.7 Å². The molecule has 0 bridgehead atoms. The van der Waals surface area contributed by atoms with Crippen molar-refractivity contribution in [2.24, 2.45) is 5.92 Å². The Morgan fingerprint density at radius 2 is 2.37 bits per heavy atom. The first-order valence-electron chi connectivity index (χ1n) is 6.56. The van der Waals surface area contributed by atoms with Crippen molar-refractivity contribution in [2.75, 3.05) is 6.61 Å². The number of hydrogen-bond donors (Lipinski definition) is 3. The smallest absolute Gasteiger partial charge is 0.315 e. The average Bonchev–Trinajstić information content (AvgIpc) is 3.12. The topological polar surface area (TPSA) is 74.2 Å². The second kappa shape index (κ2) is 5.46. The Hall–Kier alpha value is -1.14. The van der Waals surface area contributed by atoms with Crippen molar-refractivity contribution in [1.29, 1.82) is 0 Å². The van der Waals surface area contributed by atoms with E-state index in [4.69, 9.17) is 0 Å². The Morgan fingerprint density at radius 3 is 2.84 bits per heavy atom. The van der Waals surface area contributed by atoms with Gasteiger partial charge in [0.05, 0.1) is 18.2 Å². The van der Waals surface area contributed by atoms with Crippen LogP contribution in [0.5, 0.6) is 0 Å². The Kier molecular flexibility index (Phi) is 4.10. The van der Waals surface area contributed by atoms with Crippen LogP contribution >= 0.6 is 11.3 Å². The summed E-state index contributed by atoms with van der Waals surface area (Å²) in [6.45, 7) is 5.76. The Bertz CT molecular complexity index is 458. The van der Waals surface area contributed by atoms with E-state index in [9.17, 15) is 9.90 Å². The molecule has 2 unspecified atom stereocenters. The van der Waals surface area contributed by atoms with Crippen molar-refractivity contribution in [3.05, 3.63) is 16.1 Å². The minimum Gasteiger partial charge on any atom is -0.394 e. The van der Waals surface area contributed by atoms with E-state index >= 15 is 0 Å². The lowest BCUT2D eigenvalue weighted by Gasteiger charge is -2.29. The molecule has 1 saturated carbocycles. The lowest BCUT2D eigenvalue weighted by atomic mass is 9.97. The molecule has 2 amide bonds. The zero-order valence-corrected chi connectivity index (χ0v) is 12.4. The zero-order chi connectivity index (χ0) is 14.0. The summed E-state index contributed by atoms with van der Waals surface area (Å²) in [4.78, 5) is 17.4. The number of hydrogen-bond acceptors (Lipinski definition) is 4. The summed E-state index contributed by atoms with van der Waals surface area (Å²) in [7, 11) is 0. The van der Waals surface area contributed by atoms with Crippen molar-refractivity contribution in [2.45, 2.75) is 45.2 Å². The van der Waals surface area contributed by atoms with Crippen molar-refractivity contribution in [1.82, 2.24) is 15.6 Å². The highest BCUT2D eigenvalue weighted by Crippen LogP contribution is 2.39. The van der Waals surface area contributed by atoms with Gasteiger partial charge in [0.2, 0.25) is 0 Å². The number of urea groups is 1. The molecule has 1 aliphatic rings. The summed E-state index contributed by atoms with van der Waals surface area (Å²) in [6.07, 6.45) is 3.94. The summed E-state index contributed by atoms with van der Waals surface area (Å²) < 4.78 is 0. The van der Waals surface area contributed by atoms with Crippen LogP contribution in [-0.2, 0) is 0 Å². The van der Waals surface area contributed by atoms with Gasteiger partial charge in [-0.2, -0.15) is 0 Å². The normalized spacial score (nSPS) is 19.6. The molecule has 6 heteroatoms. The number of aromatic nitrogens is 1. The van der Waals surface area contributed by atoms with Gasteiger partial charge in [-0.05, 0) is 39.5 Å². The molecule has 1 aromatic rings. The van der Waals surface area contributed by atoms with Crippen LogP contribution < -0.4 is 10.6 Å². The third kappa shape index (κ3) is 3.45. The van der Waals surface area contributed by atoms with E-state index in [1.165, 1.54) is 0 Å². The van der Waals surface area contributed by atoms with Gasteiger partial charge in [0.25, 0.3) is 0 Å². The van der Waals surface area contributed by atoms with E-state index in [0.717, 1.165) is 22.7 Å². The van der Waals surface area contributed by atoms with Gasteiger partial charge in [0, 0.05) is 11.1 Å². The molecule has 1 fully saturated rings. The highest BCUT2D eigenvalue weighted by molar-refractivity contribution is 7.11. The number of carbonyl (C=O) groups excluding carboxylic acids is 1. The van der Waals surface area contributed by atoms with Gasteiger partial charge in [-0.1, -0.05) is 0 Å². The lowest BCUT2D eigenvalue weighted by molar-refractivity contribution is 0.154. The van der Waals surface area contributed by atoms with Crippen molar-refractivity contribution in [3.8, 4) is 0 Å². The van der Waals surface area contributed by atoms with Gasteiger partial charge >= 0.3 is 6.03 Å². The first kappa shape index (κ1) is 14.3. The number of thiazole rings is 1. The maximum absolute atomic E-state index is 12.0. The van der Waals surface area contributed by atoms with E-state index in [-0.39, 0.29) is 18.7 Å². The Morgan fingerprint density at radius 1 is 1.68 bits per heavy atom. The van der Waals surface area contributed by atoms with Crippen LogP contribution in [0.4, 0.5) is 4.79 Å². The van der Waals surface area contributed by atoms with Crippen LogP contribution in [0.15, 0.2) is 6.20 Å². The highest BCUT2D eigenvalue weighted by Gasteiger charge is 2.42. The molecule has 3 N–H and O–H groups in total. The monoisotopic (exact) mass is 283 g/mol.